The van der Waals surface area contributed by atoms with Gasteiger partial charge in [-0.15, -0.1) is 0 Å². The summed E-state index contributed by atoms with van der Waals surface area (Å²) in [6, 6.07) is 24.1. The summed E-state index contributed by atoms with van der Waals surface area (Å²) in [4.78, 5) is 27.0. The van der Waals surface area contributed by atoms with E-state index >= 15 is 0 Å². The molecule has 0 spiro atoms. The second kappa shape index (κ2) is 11.8. The predicted molar refractivity (Wildman–Crippen MR) is 144 cm³/mol. The largest absolute Gasteiger partial charge is 0.497 e. The summed E-state index contributed by atoms with van der Waals surface area (Å²) in [5.41, 5.74) is 7.59. The molecule has 4 rings (SSSR count). The van der Waals surface area contributed by atoms with Crippen LogP contribution in [0.25, 0.3) is 0 Å². The van der Waals surface area contributed by atoms with Crippen molar-refractivity contribution in [1.82, 2.24) is 0 Å². The van der Waals surface area contributed by atoms with E-state index in [1.54, 1.807) is 36.3 Å². The molecule has 37 heavy (non-hydrogen) atoms. The monoisotopic (exact) mass is 499 g/mol. The van der Waals surface area contributed by atoms with Gasteiger partial charge in [0.15, 0.2) is 0 Å². The molecule has 1 aliphatic heterocycles. The number of nitrogens with one attached hydrogen (secondary N) is 3. The summed E-state index contributed by atoms with van der Waals surface area (Å²) in [5.74, 6) is 0.236. The fourth-order valence-electron chi connectivity index (χ4n) is 3.97. The Morgan fingerprint density at radius 3 is 2.46 bits per heavy atom. The van der Waals surface area contributed by atoms with Crippen LogP contribution in [0.3, 0.4) is 0 Å². The maximum Gasteiger partial charge on any atom is 0.275 e. The van der Waals surface area contributed by atoms with Crippen molar-refractivity contribution in [1.29, 1.82) is 5.41 Å². The van der Waals surface area contributed by atoms with Gasteiger partial charge in [-0.05, 0) is 61.0 Å². The maximum absolute atomic E-state index is 13.6. The molecule has 1 aliphatic rings. The molecular formula is C28H29N5O4. The van der Waals surface area contributed by atoms with Crippen molar-refractivity contribution in [2.24, 2.45) is 5.73 Å². The van der Waals surface area contributed by atoms with Crippen LogP contribution < -0.4 is 30.7 Å². The number of anilines is 3. The van der Waals surface area contributed by atoms with Gasteiger partial charge in [0.1, 0.15) is 29.5 Å². The molecule has 0 unspecified atom stereocenters. The van der Waals surface area contributed by atoms with Crippen molar-refractivity contribution in [2.75, 3.05) is 42.3 Å². The minimum Gasteiger partial charge on any atom is -0.497 e. The molecule has 9 nitrogen and oxygen atoms in total. The summed E-state index contributed by atoms with van der Waals surface area (Å²) < 4.78 is 10.9. The number of nitrogens with zero attached hydrogens (tertiary/aromatic N) is 1. The molecular weight excluding hydrogens is 470 g/mol. The number of para-hydroxylation sites is 1. The van der Waals surface area contributed by atoms with Gasteiger partial charge >= 0.3 is 0 Å². The molecule has 0 saturated carbocycles. The molecule has 3 aromatic carbocycles. The zero-order valence-electron chi connectivity index (χ0n) is 20.5. The number of carbonyl (C=O) groups is 2. The summed E-state index contributed by atoms with van der Waals surface area (Å²) in [5, 5.41) is 14.6. The Morgan fingerprint density at radius 2 is 1.76 bits per heavy atom. The highest BCUT2D eigenvalue weighted by Gasteiger charge is 2.31. The number of methoxy groups -OCH3 is 1. The number of amides is 2. The topological polar surface area (TPSA) is 130 Å². The van der Waals surface area contributed by atoms with Crippen molar-refractivity contribution < 1.29 is 19.1 Å². The SMILES string of the molecule is COc1ccc(NC2=C(C(=N)C(N)=O)CCN(c3cccc(NCCOc4ccccc4)c3)C2=O)cc1. The lowest BCUT2D eigenvalue weighted by Crippen LogP contribution is -2.42. The van der Waals surface area contributed by atoms with E-state index in [2.05, 4.69) is 10.6 Å². The van der Waals surface area contributed by atoms with Crippen LogP contribution in [0.4, 0.5) is 17.1 Å². The molecule has 0 aliphatic carbocycles. The first-order valence-electron chi connectivity index (χ1n) is 11.8. The molecule has 0 radical (unpaired) electrons. The van der Waals surface area contributed by atoms with Crippen LogP contribution in [0.15, 0.2) is 90.1 Å². The van der Waals surface area contributed by atoms with Crippen LogP contribution in [0, 0.1) is 5.41 Å². The quantitative estimate of drug-likeness (QED) is 0.235. The summed E-state index contributed by atoms with van der Waals surface area (Å²) >= 11 is 0. The first-order chi connectivity index (χ1) is 18.0. The van der Waals surface area contributed by atoms with Gasteiger partial charge in [0.05, 0.1) is 7.11 Å². The third kappa shape index (κ3) is 6.26. The van der Waals surface area contributed by atoms with Crippen molar-refractivity contribution in [3.63, 3.8) is 0 Å². The summed E-state index contributed by atoms with van der Waals surface area (Å²) in [6.45, 7) is 1.36. The number of carbonyl (C=O) groups excluding carboxylic acids is 2. The first-order valence-corrected chi connectivity index (χ1v) is 11.8. The van der Waals surface area contributed by atoms with E-state index < -0.39 is 5.91 Å². The molecule has 0 fully saturated rings. The molecule has 3 aromatic rings. The van der Waals surface area contributed by atoms with E-state index in [4.69, 9.17) is 20.6 Å². The van der Waals surface area contributed by atoms with Crippen molar-refractivity contribution >= 4 is 34.6 Å². The van der Waals surface area contributed by atoms with Crippen molar-refractivity contribution in [2.45, 2.75) is 6.42 Å². The third-order valence-electron chi connectivity index (χ3n) is 5.85. The van der Waals surface area contributed by atoms with Crippen molar-refractivity contribution in [3.8, 4) is 11.5 Å². The van der Waals surface area contributed by atoms with E-state index in [1.165, 1.54) is 0 Å². The predicted octanol–water partition coefficient (Wildman–Crippen LogP) is 3.79. The van der Waals surface area contributed by atoms with Crippen LogP contribution in [-0.2, 0) is 9.59 Å². The minimum atomic E-state index is -0.880. The minimum absolute atomic E-state index is 0.148. The second-order valence-electron chi connectivity index (χ2n) is 8.29. The second-order valence-corrected chi connectivity index (χ2v) is 8.29. The summed E-state index contributed by atoms with van der Waals surface area (Å²) in [6.07, 6.45) is 0.300. The van der Waals surface area contributed by atoms with Gasteiger partial charge in [0, 0.05) is 35.7 Å². The molecule has 9 heteroatoms. The van der Waals surface area contributed by atoms with Crippen molar-refractivity contribution in [3.05, 3.63) is 90.1 Å². The van der Waals surface area contributed by atoms with Crippen LogP contribution >= 0.6 is 0 Å². The Bertz CT molecular complexity index is 1310. The van der Waals surface area contributed by atoms with Gasteiger partial charge in [0.2, 0.25) is 0 Å². The van der Waals surface area contributed by atoms with Gasteiger partial charge in [-0.3, -0.25) is 15.0 Å². The highest BCUT2D eigenvalue weighted by Crippen LogP contribution is 2.29. The standard InChI is InChI=1S/C28H29N5O4/c1-36-22-12-10-19(11-13-22)32-26-24(25(29)27(30)34)14-16-33(28(26)35)21-7-5-6-20(18-21)31-15-17-37-23-8-3-2-4-9-23/h2-13,18,29,31-32H,14-17H2,1H3,(H2,30,34). The lowest BCUT2D eigenvalue weighted by atomic mass is 9.98. The zero-order valence-corrected chi connectivity index (χ0v) is 20.5. The lowest BCUT2D eigenvalue weighted by Gasteiger charge is -2.31. The first kappa shape index (κ1) is 25.3. The van der Waals surface area contributed by atoms with E-state index in [-0.39, 0.29) is 22.9 Å². The zero-order chi connectivity index (χ0) is 26.2. The van der Waals surface area contributed by atoms with E-state index in [9.17, 15) is 9.59 Å². The molecule has 1 heterocycles. The number of hydrogen-bond acceptors (Lipinski definition) is 7. The molecule has 0 saturated heterocycles. The number of primary amides is 1. The molecule has 2 amide bonds. The highest BCUT2D eigenvalue weighted by atomic mass is 16.5. The Kier molecular flexibility index (Phi) is 8.05. The van der Waals surface area contributed by atoms with Gasteiger partial charge in [-0.2, -0.15) is 0 Å². The van der Waals surface area contributed by atoms with E-state index in [0.29, 0.717) is 43.2 Å². The fourth-order valence-corrected chi connectivity index (χ4v) is 3.97. The normalized spacial score (nSPS) is 13.2. The molecule has 0 bridgehead atoms. The maximum atomic E-state index is 13.6. The van der Waals surface area contributed by atoms with Crippen LogP contribution in [0.1, 0.15) is 6.42 Å². The highest BCUT2D eigenvalue weighted by molar-refractivity contribution is 6.44. The number of benzene rings is 3. The lowest BCUT2D eigenvalue weighted by molar-refractivity contribution is -0.115. The third-order valence-corrected chi connectivity index (χ3v) is 5.85. The van der Waals surface area contributed by atoms with Crippen LogP contribution in [-0.4, -0.2) is 44.3 Å². The molecule has 0 aromatic heterocycles. The fraction of sp³-hybridized carbons (Fsp3) is 0.179. The number of hydrogen-bond donors (Lipinski definition) is 4. The Hall–Kier alpha value is -4.79. The Labute approximate surface area is 215 Å². The smallest absolute Gasteiger partial charge is 0.275 e. The average Bonchev–Trinajstić information content (AvgIpc) is 2.93. The van der Waals surface area contributed by atoms with Gasteiger partial charge in [-0.1, -0.05) is 24.3 Å². The Balaban J connectivity index is 1.50. The molecule has 0 atom stereocenters. The number of nitrogens with two attached hydrogens (primary N) is 1. The van der Waals surface area contributed by atoms with Gasteiger partial charge in [0.25, 0.3) is 11.8 Å². The Morgan fingerprint density at radius 1 is 1.00 bits per heavy atom. The van der Waals surface area contributed by atoms with E-state index in [0.717, 1.165) is 11.4 Å². The summed E-state index contributed by atoms with van der Waals surface area (Å²) in [7, 11) is 1.57. The van der Waals surface area contributed by atoms with Gasteiger partial charge in [-0.25, -0.2) is 0 Å². The van der Waals surface area contributed by atoms with Crippen LogP contribution in [0.5, 0.6) is 11.5 Å². The van der Waals surface area contributed by atoms with Crippen LogP contribution in [0.2, 0.25) is 0 Å². The molecule has 190 valence electrons. The number of rotatable bonds is 11. The number of ether oxygens (including phenoxy) is 2. The van der Waals surface area contributed by atoms with Gasteiger partial charge < -0.3 is 30.7 Å². The van der Waals surface area contributed by atoms with E-state index in [1.807, 2.05) is 54.6 Å². The molecule has 5 N–H and O–H groups in total. The average molecular weight is 500 g/mol.